The average Bonchev–Trinajstić information content (AvgIpc) is 3.47. The summed E-state index contributed by atoms with van der Waals surface area (Å²) in [5, 5.41) is 5.01. The molecule has 0 unspecified atom stereocenters. The van der Waals surface area contributed by atoms with Crippen LogP contribution in [0, 0.1) is 0 Å². The summed E-state index contributed by atoms with van der Waals surface area (Å²) in [6.07, 6.45) is 4.60. The number of nitrogens with zero attached hydrogens (tertiary/aromatic N) is 3. The van der Waals surface area contributed by atoms with E-state index in [1.807, 2.05) is 18.5 Å². The lowest BCUT2D eigenvalue weighted by molar-refractivity contribution is 0.908. The summed E-state index contributed by atoms with van der Waals surface area (Å²) in [4.78, 5) is 9.19. The van der Waals surface area contributed by atoms with Gasteiger partial charge in [-0.2, -0.15) is 0 Å². The van der Waals surface area contributed by atoms with Crippen molar-refractivity contribution >= 4 is 32.6 Å². The summed E-state index contributed by atoms with van der Waals surface area (Å²) in [7, 11) is 0. The predicted octanol–water partition coefficient (Wildman–Crippen LogP) is 10.3. The molecule has 0 aliphatic rings. The first-order chi connectivity index (χ1) is 21.3. The zero-order valence-electron chi connectivity index (χ0n) is 23.9. The molecule has 3 nitrogen and oxygen atoms in total. The minimum atomic E-state index is 0.871. The fourth-order valence-electron chi connectivity index (χ4n) is 6.49. The van der Waals surface area contributed by atoms with Crippen molar-refractivity contribution in [2.75, 3.05) is 0 Å². The van der Waals surface area contributed by atoms with Crippen LogP contribution >= 0.6 is 0 Å². The third-order valence-corrected chi connectivity index (χ3v) is 8.46. The smallest absolute Gasteiger partial charge is 0.114 e. The number of aryl methyl sites for hydroxylation is 1. The van der Waals surface area contributed by atoms with Crippen LogP contribution < -0.4 is 0 Å². The Hall–Kier alpha value is -5.54. The Kier molecular flexibility index (Phi) is 6.08. The number of hydrogen-bond acceptors (Lipinski definition) is 2. The van der Waals surface area contributed by atoms with E-state index in [-0.39, 0.29) is 0 Å². The van der Waals surface area contributed by atoms with E-state index in [1.165, 1.54) is 49.4 Å². The number of pyridine rings is 1. The van der Waals surface area contributed by atoms with Crippen molar-refractivity contribution in [1.29, 1.82) is 0 Å². The van der Waals surface area contributed by atoms with Crippen LogP contribution in [0.2, 0.25) is 0 Å². The van der Waals surface area contributed by atoms with Gasteiger partial charge in [-0.1, -0.05) is 110 Å². The van der Waals surface area contributed by atoms with E-state index in [0.717, 1.165) is 34.5 Å². The standard InChI is InChI=1S/C40H29N3/c1-2-38-42-36-15-7-8-16-37(36)43(38)31-23-21-29(22-24-31)40-34-13-5-3-11-32(34)39(33-12-4-6-14-35(33)40)28-19-17-27(18-20-28)30-10-9-25-41-26-30/h3-26H,2H2,1H3. The van der Waals surface area contributed by atoms with Crippen LogP contribution in [0.4, 0.5) is 0 Å². The molecule has 0 aliphatic heterocycles. The van der Waals surface area contributed by atoms with E-state index in [0.29, 0.717) is 0 Å². The summed E-state index contributed by atoms with van der Waals surface area (Å²) in [6.45, 7) is 2.17. The third-order valence-electron chi connectivity index (χ3n) is 8.46. The maximum atomic E-state index is 4.89. The molecule has 8 aromatic rings. The molecule has 0 atom stereocenters. The fourth-order valence-corrected chi connectivity index (χ4v) is 6.49. The lowest BCUT2D eigenvalue weighted by Gasteiger charge is -2.18. The normalized spacial score (nSPS) is 11.5. The highest BCUT2D eigenvalue weighted by molar-refractivity contribution is 6.21. The van der Waals surface area contributed by atoms with Crippen molar-refractivity contribution in [3.63, 3.8) is 0 Å². The topological polar surface area (TPSA) is 30.7 Å². The van der Waals surface area contributed by atoms with Gasteiger partial charge in [0.25, 0.3) is 0 Å². The Morgan fingerprint density at radius 1 is 0.512 bits per heavy atom. The minimum Gasteiger partial charge on any atom is -0.296 e. The summed E-state index contributed by atoms with van der Waals surface area (Å²) in [5.41, 5.74) is 10.5. The molecule has 2 heterocycles. The number of fused-ring (bicyclic) bond motifs is 3. The van der Waals surface area contributed by atoms with E-state index in [9.17, 15) is 0 Å². The Labute approximate surface area is 250 Å². The maximum absolute atomic E-state index is 4.89. The molecule has 6 aromatic carbocycles. The molecule has 204 valence electrons. The second-order valence-electron chi connectivity index (χ2n) is 10.9. The molecule has 0 aliphatic carbocycles. The van der Waals surface area contributed by atoms with Crippen LogP contribution in [0.1, 0.15) is 12.7 Å². The van der Waals surface area contributed by atoms with Crippen molar-refractivity contribution in [1.82, 2.24) is 14.5 Å². The minimum absolute atomic E-state index is 0.871. The highest BCUT2D eigenvalue weighted by Crippen LogP contribution is 2.44. The van der Waals surface area contributed by atoms with Crippen LogP contribution in [0.5, 0.6) is 0 Å². The van der Waals surface area contributed by atoms with E-state index in [4.69, 9.17) is 4.98 Å². The van der Waals surface area contributed by atoms with E-state index < -0.39 is 0 Å². The van der Waals surface area contributed by atoms with Crippen LogP contribution in [0.25, 0.3) is 71.6 Å². The van der Waals surface area contributed by atoms with Crippen molar-refractivity contribution in [3.8, 4) is 39.1 Å². The van der Waals surface area contributed by atoms with Crippen molar-refractivity contribution in [2.24, 2.45) is 0 Å². The van der Waals surface area contributed by atoms with Crippen LogP contribution in [0.3, 0.4) is 0 Å². The lowest BCUT2D eigenvalue weighted by atomic mass is 9.85. The Bertz CT molecular complexity index is 2190. The van der Waals surface area contributed by atoms with Crippen molar-refractivity contribution in [3.05, 3.63) is 152 Å². The van der Waals surface area contributed by atoms with Gasteiger partial charge in [-0.15, -0.1) is 0 Å². The Morgan fingerprint density at radius 2 is 1.05 bits per heavy atom. The molecule has 0 radical (unpaired) electrons. The largest absolute Gasteiger partial charge is 0.296 e. The molecule has 0 amide bonds. The molecule has 0 saturated carbocycles. The SMILES string of the molecule is CCc1nc2ccccc2n1-c1ccc(-c2c3ccccc3c(-c3ccc(-c4cccnc4)cc3)c3ccccc23)cc1. The first kappa shape index (κ1) is 25.2. The number of para-hydroxylation sites is 2. The Balaban J connectivity index is 1.30. The van der Waals surface area contributed by atoms with Gasteiger partial charge >= 0.3 is 0 Å². The number of hydrogen-bond donors (Lipinski definition) is 0. The van der Waals surface area contributed by atoms with Gasteiger partial charge < -0.3 is 0 Å². The van der Waals surface area contributed by atoms with Gasteiger partial charge in [0.15, 0.2) is 0 Å². The van der Waals surface area contributed by atoms with Crippen LogP contribution in [0.15, 0.2) is 146 Å². The van der Waals surface area contributed by atoms with E-state index in [1.54, 1.807) is 0 Å². The summed E-state index contributed by atoms with van der Waals surface area (Å²) in [5.74, 6) is 1.07. The molecule has 2 aromatic heterocycles. The van der Waals surface area contributed by atoms with Gasteiger partial charge in [-0.25, -0.2) is 4.98 Å². The van der Waals surface area contributed by atoms with Gasteiger partial charge in [-0.05, 0) is 85.3 Å². The molecular weight excluding hydrogens is 522 g/mol. The molecule has 0 N–H and O–H groups in total. The molecule has 8 rings (SSSR count). The van der Waals surface area contributed by atoms with Crippen LogP contribution in [-0.4, -0.2) is 14.5 Å². The molecule has 0 fully saturated rings. The average molecular weight is 552 g/mol. The molecule has 3 heteroatoms. The Morgan fingerprint density at radius 3 is 1.60 bits per heavy atom. The number of benzene rings is 6. The molecule has 0 bridgehead atoms. The highest BCUT2D eigenvalue weighted by atomic mass is 15.1. The molecule has 0 spiro atoms. The fraction of sp³-hybridized carbons (Fsp3) is 0.0500. The maximum Gasteiger partial charge on any atom is 0.114 e. The summed E-state index contributed by atoms with van der Waals surface area (Å²) in [6, 6.07) is 48.0. The summed E-state index contributed by atoms with van der Waals surface area (Å²) >= 11 is 0. The second-order valence-corrected chi connectivity index (χ2v) is 10.9. The quantitative estimate of drug-likeness (QED) is 0.199. The first-order valence-electron chi connectivity index (χ1n) is 14.8. The van der Waals surface area contributed by atoms with E-state index >= 15 is 0 Å². The highest BCUT2D eigenvalue weighted by Gasteiger charge is 2.17. The van der Waals surface area contributed by atoms with Gasteiger partial charge in [0.2, 0.25) is 0 Å². The molecule has 0 saturated heterocycles. The van der Waals surface area contributed by atoms with Gasteiger partial charge in [0.1, 0.15) is 5.82 Å². The second kappa shape index (κ2) is 10.4. The number of aromatic nitrogens is 3. The van der Waals surface area contributed by atoms with Crippen LogP contribution in [-0.2, 0) is 6.42 Å². The first-order valence-corrected chi connectivity index (χ1v) is 14.8. The van der Waals surface area contributed by atoms with Crippen molar-refractivity contribution in [2.45, 2.75) is 13.3 Å². The van der Waals surface area contributed by atoms with Gasteiger partial charge in [0, 0.05) is 24.5 Å². The number of rotatable bonds is 5. The number of imidazole rings is 1. The molecular formula is C40H29N3. The zero-order valence-corrected chi connectivity index (χ0v) is 23.9. The predicted molar refractivity (Wildman–Crippen MR) is 180 cm³/mol. The van der Waals surface area contributed by atoms with Crippen molar-refractivity contribution < 1.29 is 0 Å². The van der Waals surface area contributed by atoms with Gasteiger partial charge in [0.05, 0.1) is 11.0 Å². The van der Waals surface area contributed by atoms with E-state index in [2.05, 4.69) is 144 Å². The monoisotopic (exact) mass is 551 g/mol. The lowest BCUT2D eigenvalue weighted by Crippen LogP contribution is -2.00. The summed E-state index contributed by atoms with van der Waals surface area (Å²) < 4.78 is 2.29. The zero-order chi connectivity index (χ0) is 28.8. The third kappa shape index (κ3) is 4.21. The van der Waals surface area contributed by atoms with Gasteiger partial charge in [-0.3, -0.25) is 9.55 Å². The molecule has 43 heavy (non-hydrogen) atoms.